The van der Waals surface area contributed by atoms with Crippen molar-refractivity contribution in [3.05, 3.63) is 11.1 Å². The van der Waals surface area contributed by atoms with E-state index in [4.69, 9.17) is 0 Å². The number of hydrogen-bond acceptors (Lipinski definition) is 5. The van der Waals surface area contributed by atoms with Crippen LogP contribution in [-0.2, 0) is 6.54 Å². The van der Waals surface area contributed by atoms with Crippen LogP contribution in [-0.4, -0.2) is 29.2 Å². The molecule has 1 heterocycles. The molecule has 0 amide bonds. The molecule has 14 heavy (non-hydrogen) atoms. The van der Waals surface area contributed by atoms with E-state index in [0.29, 0.717) is 0 Å². The zero-order valence-corrected chi connectivity index (χ0v) is 9.60. The maximum Gasteiger partial charge on any atom is 0.0893 e. The molecule has 0 aliphatic heterocycles. The Morgan fingerprint density at radius 3 is 2.79 bits per heavy atom. The van der Waals surface area contributed by atoms with Crippen molar-refractivity contribution < 1.29 is 0 Å². The fourth-order valence-corrected chi connectivity index (χ4v) is 1.50. The minimum atomic E-state index is 0.720. The maximum atomic E-state index is 3.95. The van der Waals surface area contributed by atoms with E-state index in [1.165, 1.54) is 11.5 Å². The standard InChI is InChI=1S/C9H18N4S/c1-8(2)5-10-3-4-11-6-9-7-14-13-12-9/h7-8,10-11H,3-6H2,1-2H3. The number of aromatic nitrogens is 2. The Bertz CT molecular complexity index is 223. The lowest BCUT2D eigenvalue weighted by atomic mass is 10.2. The summed E-state index contributed by atoms with van der Waals surface area (Å²) in [6.45, 7) is 8.31. The zero-order valence-electron chi connectivity index (χ0n) is 8.79. The van der Waals surface area contributed by atoms with E-state index >= 15 is 0 Å². The molecule has 0 unspecified atom stereocenters. The number of rotatable bonds is 7. The SMILES string of the molecule is CC(C)CNCCNCc1csnn1. The van der Waals surface area contributed by atoms with Crippen LogP contribution in [0.4, 0.5) is 0 Å². The molecule has 4 nitrogen and oxygen atoms in total. The van der Waals surface area contributed by atoms with Crippen LogP contribution >= 0.6 is 11.5 Å². The molecule has 80 valence electrons. The molecule has 0 bridgehead atoms. The van der Waals surface area contributed by atoms with Crippen LogP contribution in [0.1, 0.15) is 19.5 Å². The van der Waals surface area contributed by atoms with Crippen molar-refractivity contribution in [2.24, 2.45) is 5.92 Å². The molecule has 0 spiro atoms. The van der Waals surface area contributed by atoms with Gasteiger partial charge in [-0.15, -0.1) is 5.10 Å². The minimum absolute atomic E-state index is 0.720. The van der Waals surface area contributed by atoms with Gasteiger partial charge in [-0.05, 0) is 24.0 Å². The molecule has 0 fully saturated rings. The Hall–Kier alpha value is -0.520. The van der Waals surface area contributed by atoms with Gasteiger partial charge in [0.2, 0.25) is 0 Å². The summed E-state index contributed by atoms with van der Waals surface area (Å²) in [6.07, 6.45) is 0. The van der Waals surface area contributed by atoms with Crippen LogP contribution < -0.4 is 10.6 Å². The van der Waals surface area contributed by atoms with Crippen LogP contribution in [0.2, 0.25) is 0 Å². The highest BCUT2D eigenvalue weighted by Gasteiger charge is 1.95. The Kier molecular flexibility index (Phi) is 5.66. The van der Waals surface area contributed by atoms with Crippen molar-refractivity contribution in [3.63, 3.8) is 0 Å². The quantitative estimate of drug-likeness (QED) is 0.661. The van der Waals surface area contributed by atoms with Gasteiger partial charge in [-0.3, -0.25) is 0 Å². The second kappa shape index (κ2) is 6.86. The van der Waals surface area contributed by atoms with Crippen molar-refractivity contribution in [1.82, 2.24) is 20.2 Å². The molecule has 0 aliphatic rings. The topological polar surface area (TPSA) is 49.8 Å². The van der Waals surface area contributed by atoms with Crippen molar-refractivity contribution in [2.75, 3.05) is 19.6 Å². The molecule has 0 saturated carbocycles. The second-order valence-electron chi connectivity index (χ2n) is 3.67. The van der Waals surface area contributed by atoms with E-state index in [9.17, 15) is 0 Å². The van der Waals surface area contributed by atoms with Gasteiger partial charge in [0.1, 0.15) is 0 Å². The smallest absolute Gasteiger partial charge is 0.0893 e. The Balaban J connectivity index is 1.90. The third-order valence-corrected chi connectivity index (χ3v) is 2.30. The summed E-state index contributed by atoms with van der Waals surface area (Å²) in [6, 6.07) is 0. The zero-order chi connectivity index (χ0) is 10.2. The lowest BCUT2D eigenvalue weighted by Gasteiger charge is -2.07. The summed E-state index contributed by atoms with van der Waals surface area (Å²) in [4.78, 5) is 0. The van der Waals surface area contributed by atoms with Crippen molar-refractivity contribution in [1.29, 1.82) is 0 Å². The van der Waals surface area contributed by atoms with E-state index in [2.05, 4.69) is 34.1 Å². The molecular weight excluding hydrogens is 196 g/mol. The van der Waals surface area contributed by atoms with E-state index in [1.807, 2.05) is 5.38 Å². The third-order valence-electron chi connectivity index (χ3n) is 1.74. The van der Waals surface area contributed by atoms with E-state index in [-0.39, 0.29) is 0 Å². The van der Waals surface area contributed by atoms with Crippen LogP contribution in [0.25, 0.3) is 0 Å². The average molecular weight is 214 g/mol. The Morgan fingerprint density at radius 1 is 1.36 bits per heavy atom. The van der Waals surface area contributed by atoms with Gasteiger partial charge < -0.3 is 10.6 Å². The van der Waals surface area contributed by atoms with Crippen LogP contribution in [0.15, 0.2) is 5.38 Å². The lowest BCUT2D eigenvalue weighted by molar-refractivity contribution is 0.534. The second-order valence-corrected chi connectivity index (χ2v) is 4.28. The molecule has 0 aromatic carbocycles. The molecule has 1 aromatic heterocycles. The van der Waals surface area contributed by atoms with Gasteiger partial charge in [0.05, 0.1) is 5.69 Å². The molecule has 0 aliphatic carbocycles. The predicted molar refractivity (Wildman–Crippen MR) is 59.3 cm³/mol. The number of hydrogen-bond donors (Lipinski definition) is 2. The van der Waals surface area contributed by atoms with Crippen LogP contribution in [0.3, 0.4) is 0 Å². The molecule has 0 atom stereocenters. The summed E-state index contributed by atoms with van der Waals surface area (Å²) in [5.74, 6) is 0.720. The van der Waals surface area contributed by atoms with Gasteiger partial charge >= 0.3 is 0 Å². The van der Waals surface area contributed by atoms with E-state index in [1.54, 1.807) is 0 Å². The van der Waals surface area contributed by atoms with Crippen LogP contribution in [0, 0.1) is 5.92 Å². The first-order chi connectivity index (χ1) is 6.79. The van der Waals surface area contributed by atoms with Gasteiger partial charge in [-0.25, -0.2) is 0 Å². The third kappa shape index (κ3) is 5.26. The summed E-state index contributed by atoms with van der Waals surface area (Å²) < 4.78 is 3.80. The molecule has 5 heteroatoms. The molecule has 0 saturated heterocycles. The molecular formula is C9H18N4S. The fraction of sp³-hybridized carbons (Fsp3) is 0.778. The molecule has 2 N–H and O–H groups in total. The summed E-state index contributed by atoms with van der Waals surface area (Å²) >= 11 is 1.40. The normalized spacial score (nSPS) is 11.1. The Morgan fingerprint density at radius 2 is 2.14 bits per heavy atom. The summed E-state index contributed by atoms with van der Waals surface area (Å²) in [7, 11) is 0. The largest absolute Gasteiger partial charge is 0.315 e. The fourth-order valence-electron chi connectivity index (χ4n) is 1.04. The van der Waals surface area contributed by atoms with Gasteiger partial charge in [0, 0.05) is 25.0 Å². The predicted octanol–water partition coefficient (Wildman–Crippen LogP) is 0.873. The number of nitrogens with zero attached hydrogens (tertiary/aromatic N) is 2. The Labute approximate surface area is 89.3 Å². The highest BCUT2D eigenvalue weighted by Crippen LogP contribution is 1.94. The summed E-state index contributed by atoms with van der Waals surface area (Å²) in [5, 5.41) is 12.6. The van der Waals surface area contributed by atoms with Gasteiger partial charge in [0.15, 0.2) is 0 Å². The highest BCUT2D eigenvalue weighted by molar-refractivity contribution is 7.03. The number of nitrogens with one attached hydrogen (secondary N) is 2. The maximum absolute atomic E-state index is 3.95. The van der Waals surface area contributed by atoms with Gasteiger partial charge in [-0.1, -0.05) is 18.3 Å². The van der Waals surface area contributed by atoms with Gasteiger partial charge in [0.25, 0.3) is 0 Å². The first-order valence-electron chi connectivity index (χ1n) is 4.96. The van der Waals surface area contributed by atoms with Crippen LogP contribution in [0.5, 0.6) is 0 Å². The first kappa shape index (κ1) is 11.6. The molecule has 1 rings (SSSR count). The summed E-state index contributed by atoms with van der Waals surface area (Å²) in [5.41, 5.74) is 1.03. The average Bonchev–Trinajstić information content (AvgIpc) is 2.63. The van der Waals surface area contributed by atoms with Crippen molar-refractivity contribution in [3.8, 4) is 0 Å². The van der Waals surface area contributed by atoms with E-state index in [0.717, 1.165) is 37.8 Å². The van der Waals surface area contributed by atoms with Gasteiger partial charge in [-0.2, -0.15) is 0 Å². The molecule has 1 aromatic rings. The van der Waals surface area contributed by atoms with E-state index < -0.39 is 0 Å². The van der Waals surface area contributed by atoms with Crippen molar-refractivity contribution >= 4 is 11.5 Å². The molecule has 0 radical (unpaired) electrons. The minimum Gasteiger partial charge on any atom is -0.315 e. The van der Waals surface area contributed by atoms with Crippen molar-refractivity contribution in [2.45, 2.75) is 20.4 Å². The monoisotopic (exact) mass is 214 g/mol. The lowest BCUT2D eigenvalue weighted by Crippen LogP contribution is -2.29. The highest BCUT2D eigenvalue weighted by atomic mass is 32.1. The first-order valence-corrected chi connectivity index (χ1v) is 5.80.